The predicted molar refractivity (Wildman–Crippen MR) is 64.4 cm³/mol. The van der Waals surface area contributed by atoms with Crippen molar-refractivity contribution in [3.05, 3.63) is 35.1 Å². The number of amides is 1. The van der Waals surface area contributed by atoms with Gasteiger partial charge in [-0.05, 0) is 31.4 Å². The van der Waals surface area contributed by atoms with Gasteiger partial charge in [0.1, 0.15) is 5.82 Å². The standard InChI is InChI=1S/C12H13BrFNO/c1-8-3-2-4-9(10(8)14)11(16)15-12(7-13)5-6-12/h2-4H,5-7H2,1H3,(H,15,16). The van der Waals surface area contributed by atoms with Crippen LogP contribution < -0.4 is 5.32 Å². The minimum Gasteiger partial charge on any atom is -0.346 e. The third kappa shape index (κ3) is 2.12. The first-order valence-electron chi connectivity index (χ1n) is 5.22. The largest absolute Gasteiger partial charge is 0.346 e. The molecule has 0 radical (unpaired) electrons. The Labute approximate surface area is 102 Å². The fourth-order valence-electron chi connectivity index (χ4n) is 1.57. The molecule has 0 unspecified atom stereocenters. The third-order valence-corrected chi connectivity index (χ3v) is 4.00. The normalized spacial score (nSPS) is 16.9. The zero-order valence-corrected chi connectivity index (χ0v) is 10.6. The lowest BCUT2D eigenvalue weighted by atomic mass is 10.1. The highest BCUT2D eigenvalue weighted by Crippen LogP contribution is 2.37. The van der Waals surface area contributed by atoms with Crippen LogP contribution in [0.3, 0.4) is 0 Å². The average Bonchev–Trinajstić information content (AvgIpc) is 3.02. The van der Waals surface area contributed by atoms with Crippen LogP contribution in [0.2, 0.25) is 0 Å². The second kappa shape index (κ2) is 4.17. The van der Waals surface area contributed by atoms with Crippen molar-refractivity contribution in [2.75, 3.05) is 5.33 Å². The lowest BCUT2D eigenvalue weighted by Crippen LogP contribution is -2.38. The quantitative estimate of drug-likeness (QED) is 0.851. The summed E-state index contributed by atoms with van der Waals surface area (Å²) in [5.41, 5.74) is 0.483. The van der Waals surface area contributed by atoms with Crippen LogP contribution in [0.5, 0.6) is 0 Å². The van der Waals surface area contributed by atoms with Crippen LogP contribution in [0.15, 0.2) is 18.2 Å². The highest BCUT2D eigenvalue weighted by molar-refractivity contribution is 9.09. The lowest BCUT2D eigenvalue weighted by Gasteiger charge is -2.14. The number of hydrogen-bond acceptors (Lipinski definition) is 1. The number of alkyl halides is 1. The highest BCUT2D eigenvalue weighted by atomic mass is 79.9. The average molecular weight is 286 g/mol. The molecule has 1 fully saturated rings. The molecular formula is C12H13BrFNO. The predicted octanol–water partition coefficient (Wildman–Crippen LogP) is 2.79. The first-order chi connectivity index (χ1) is 7.58. The number of nitrogens with one attached hydrogen (secondary N) is 1. The Bertz CT molecular complexity index is 429. The van der Waals surface area contributed by atoms with E-state index in [1.165, 1.54) is 6.07 Å². The van der Waals surface area contributed by atoms with Gasteiger partial charge >= 0.3 is 0 Å². The van der Waals surface area contributed by atoms with E-state index in [-0.39, 0.29) is 17.0 Å². The Kier molecular flexibility index (Phi) is 3.02. The van der Waals surface area contributed by atoms with Crippen LogP contribution in [0.4, 0.5) is 4.39 Å². The Morgan fingerprint density at radius 2 is 2.25 bits per heavy atom. The summed E-state index contributed by atoms with van der Waals surface area (Å²) in [6, 6.07) is 4.87. The topological polar surface area (TPSA) is 29.1 Å². The molecule has 0 spiro atoms. The summed E-state index contributed by atoms with van der Waals surface area (Å²) in [6.45, 7) is 1.66. The Morgan fingerprint density at radius 1 is 1.56 bits per heavy atom. The molecule has 0 aliphatic heterocycles. The monoisotopic (exact) mass is 285 g/mol. The third-order valence-electron chi connectivity index (χ3n) is 2.92. The molecule has 1 aromatic rings. The first kappa shape index (κ1) is 11.6. The molecule has 1 N–H and O–H groups in total. The van der Waals surface area contributed by atoms with E-state index in [4.69, 9.17) is 0 Å². The molecule has 0 saturated heterocycles. The highest BCUT2D eigenvalue weighted by Gasteiger charge is 2.43. The van der Waals surface area contributed by atoms with Gasteiger partial charge in [0.25, 0.3) is 5.91 Å². The first-order valence-corrected chi connectivity index (χ1v) is 6.34. The molecule has 0 atom stereocenters. The van der Waals surface area contributed by atoms with Gasteiger partial charge in [-0.25, -0.2) is 4.39 Å². The zero-order chi connectivity index (χ0) is 11.8. The molecule has 2 rings (SSSR count). The molecule has 86 valence electrons. The van der Waals surface area contributed by atoms with Gasteiger partial charge < -0.3 is 5.32 Å². The van der Waals surface area contributed by atoms with Crippen LogP contribution >= 0.6 is 15.9 Å². The Balaban J connectivity index is 2.18. The molecular weight excluding hydrogens is 273 g/mol. The summed E-state index contributed by atoms with van der Waals surface area (Å²) in [5.74, 6) is -0.747. The summed E-state index contributed by atoms with van der Waals surface area (Å²) in [6.07, 6.45) is 1.91. The lowest BCUT2D eigenvalue weighted by molar-refractivity contribution is 0.0932. The minimum absolute atomic E-state index is 0.132. The van der Waals surface area contributed by atoms with E-state index in [9.17, 15) is 9.18 Å². The number of halogens is 2. The molecule has 0 aromatic heterocycles. The maximum absolute atomic E-state index is 13.7. The molecule has 16 heavy (non-hydrogen) atoms. The van der Waals surface area contributed by atoms with Crippen LogP contribution in [0, 0.1) is 12.7 Å². The van der Waals surface area contributed by atoms with E-state index in [0.29, 0.717) is 5.56 Å². The summed E-state index contributed by atoms with van der Waals surface area (Å²) < 4.78 is 13.7. The van der Waals surface area contributed by atoms with Gasteiger partial charge in [-0.2, -0.15) is 0 Å². The molecule has 2 nitrogen and oxygen atoms in total. The van der Waals surface area contributed by atoms with Crippen molar-refractivity contribution in [1.29, 1.82) is 0 Å². The van der Waals surface area contributed by atoms with Crippen LogP contribution in [0.1, 0.15) is 28.8 Å². The van der Waals surface area contributed by atoms with Gasteiger partial charge in [-0.1, -0.05) is 28.1 Å². The molecule has 0 bridgehead atoms. The maximum atomic E-state index is 13.7. The zero-order valence-electron chi connectivity index (χ0n) is 9.02. The Morgan fingerprint density at radius 3 is 2.81 bits per heavy atom. The number of carbonyl (C=O) groups excluding carboxylic acids is 1. The van der Waals surface area contributed by atoms with E-state index in [0.717, 1.165) is 18.2 Å². The molecule has 4 heteroatoms. The van der Waals surface area contributed by atoms with E-state index in [1.54, 1.807) is 19.1 Å². The number of rotatable bonds is 3. The molecule has 1 aliphatic carbocycles. The van der Waals surface area contributed by atoms with Gasteiger partial charge in [-0.15, -0.1) is 0 Å². The van der Waals surface area contributed by atoms with E-state index < -0.39 is 5.82 Å². The van der Waals surface area contributed by atoms with Crippen molar-refractivity contribution in [1.82, 2.24) is 5.32 Å². The van der Waals surface area contributed by atoms with Gasteiger partial charge in [0.15, 0.2) is 0 Å². The van der Waals surface area contributed by atoms with Crippen LogP contribution in [-0.4, -0.2) is 16.8 Å². The molecule has 1 amide bonds. The fraction of sp³-hybridized carbons (Fsp3) is 0.417. The van der Waals surface area contributed by atoms with Gasteiger partial charge in [0.05, 0.1) is 11.1 Å². The fourth-order valence-corrected chi connectivity index (χ4v) is 2.27. The van der Waals surface area contributed by atoms with E-state index in [2.05, 4.69) is 21.2 Å². The number of benzene rings is 1. The SMILES string of the molecule is Cc1cccc(C(=O)NC2(CBr)CC2)c1F. The number of carbonyl (C=O) groups is 1. The summed E-state index contributed by atoms with van der Waals surface area (Å²) in [5, 5.41) is 3.60. The minimum atomic E-state index is -0.426. The van der Waals surface area contributed by atoms with E-state index >= 15 is 0 Å². The van der Waals surface area contributed by atoms with Crippen molar-refractivity contribution < 1.29 is 9.18 Å². The maximum Gasteiger partial charge on any atom is 0.254 e. The van der Waals surface area contributed by atoms with E-state index in [1.807, 2.05) is 0 Å². The van der Waals surface area contributed by atoms with Crippen molar-refractivity contribution in [2.24, 2.45) is 0 Å². The number of aryl methyl sites for hydroxylation is 1. The summed E-state index contributed by atoms with van der Waals surface area (Å²) in [7, 11) is 0. The second-order valence-corrected chi connectivity index (χ2v) is 4.87. The van der Waals surface area contributed by atoms with Crippen LogP contribution in [0.25, 0.3) is 0 Å². The number of hydrogen-bond donors (Lipinski definition) is 1. The van der Waals surface area contributed by atoms with Gasteiger partial charge in [0, 0.05) is 5.33 Å². The second-order valence-electron chi connectivity index (χ2n) is 4.30. The van der Waals surface area contributed by atoms with Crippen molar-refractivity contribution in [2.45, 2.75) is 25.3 Å². The van der Waals surface area contributed by atoms with Gasteiger partial charge in [-0.3, -0.25) is 4.79 Å². The summed E-state index contributed by atoms with van der Waals surface area (Å²) >= 11 is 3.36. The van der Waals surface area contributed by atoms with Crippen molar-refractivity contribution in [3.63, 3.8) is 0 Å². The molecule has 1 aliphatic rings. The van der Waals surface area contributed by atoms with Crippen LogP contribution in [-0.2, 0) is 0 Å². The molecule has 1 aromatic carbocycles. The molecule has 1 saturated carbocycles. The Hall–Kier alpha value is -0.900. The van der Waals surface area contributed by atoms with Crippen molar-refractivity contribution in [3.8, 4) is 0 Å². The van der Waals surface area contributed by atoms with Crippen molar-refractivity contribution >= 4 is 21.8 Å². The van der Waals surface area contributed by atoms with Gasteiger partial charge in [0.2, 0.25) is 0 Å². The summed E-state index contributed by atoms with van der Waals surface area (Å²) in [4.78, 5) is 11.9. The smallest absolute Gasteiger partial charge is 0.254 e. The molecule has 0 heterocycles.